The number of fused-ring (bicyclic) bond motifs is 1. The lowest BCUT2D eigenvalue weighted by Gasteiger charge is -2.29. The number of thiazole rings is 1. The van der Waals surface area contributed by atoms with Crippen molar-refractivity contribution >= 4 is 32.6 Å². The summed E-state index contributed by atoms with van der Waals surface area (Å²) in [4.78, 5) is 22.2. The van der Waals surface area contributed by atoms with Gasteiger partial charge in [0.1, 0.15) is 5.75 Å². The van der Waals surface area contributed by atoms with E-state index < -0.39 is 0 Å². The number of rotatable bonds is 8. The van der Waals surface area contributed by atoms with E-state index >= 15 is 0 Å². The van der Waals surface area contributed by atoms with Crippen LogP contribution >= 0.6 is 11.3 Å². The van der Waals surface area contributed by atoms with E-state index in [1.54, 1.807) is 11.3 Å². The molecule has 3 aromatic rings. The molecule has 31 heavy (non-hydrogen) atoms. The van der Waals surface area contributed by atoms with Gasteiger partial charge in [-0.3, -0.25) is 14.6 Å². The fraction of sp³-hybridized carbons (Fsp3) is 0.417. The summed E-state index contributed by atoms with van der Waals surface area (Å²) in [5.41, 5.74) is 3.34. The second-order valence-electron chi connectivity index (χ2n) is 7.84. The van der Waals surface area contributed by atoms with Gasteiger partial charge in [-0.1, -0.05) is 35.6 Å². The van der Waals surface area contributed by atoms with Crippen LogP contribution < -0.4 is 9.64 Å². The molecule has 6 nitrogen and oxygen atoms in total. The van der Waals surface area contributed by atoms with Crippen molar-refractivity contribution in [2.45, 2.75) is 20.3 Å². The third kappa shape index (κ3) is 5.61. The number of aromatic nitrogens is 1. The van der Waals surface area contributed by atoms with Crippen LogP contribution in [0.2, 0.25) is 0 Å². The average Bonchev–Trinajstić information content (AvgIpc) is 3.19. The van der Waals surface area contributed by atoms with Gasteiger partial charge in [0.2, 0.25) is 5.91 Å². The van der Waals surface area contributed by atoms with E-state index in [4.69, 9.17) is 14.5 Å². The second-order valence-corrected chi connectivity index (χ2v) is 8.85. The summed E-state index contributed by atoms with van der Waals surface area (Å²) < 4.78 is 12.3. The van der Waals surface area contributed by atoms with E-state index in [2.05, 4.69) is 30.9 Å². The van der Waals surface area contributed by atoms with Crippen LogP contribution in [-0.2, 0) is 9.53 Å². The number of hydrogen-bond donors (Lipinski definition) is 0. The quantitative estimate of drug-likeness (QED) is 0.530. The van der Waals surface area contributed by atoms with E-state index in [9.17, 15) is 4.79 Å². The van der Waals surface area contributed by atoms with Crippen LogP contribution in [0.15, 0.2) is 42.5 Å². The van der Waals surface area contributed by atoms with Crippen LogP contribution in [0.1, 0.15) is 17.5 Å². The number of aryl methyl sites for hydroxylation is 2. The normalized spacial score (nSPS) is 14.6. The fourth-order valence-corrected chi connectivity index (χ4v) is 4.96. The van der Waals surface area contributed by atoms with E-state index in [1.165, 1.54) is 5.56 Å². The van der Waals surface area contributed by atoms with Gasteiger partial charge in [0.15, 0.2) is 5.13 Å². The number of carbonyl (C=O) groups is 1. The molecule has 1 amide bonds. The van der Waals surface area contributed by atoms with Gasteiger partial charge >= 0.3 is 0 Å². The van der Waals surface area contributed by atoms with Crippen LogP contribution in [0.25, 0.3) is 10.2 Å². The minimum atomic E-state index is 0.0395. The Morgan fingerprint density at radius 2 is 1.97 bits per heavy atom. The predicted molar refractivity (Wildman–Crippen MR) is 125 cm³/mol. The molecule has 0 atom stereocenters. The number of morpholine rings is 1. The molecular formula is C24H29N3O3S. The molecule has 4 rings (SSSR count). The average molecular weight is 440 g/mol. The number of hydrogen-bond acceptors (Lipinski definition) is 6. The molecule has 2 aromatic carbocycles. The molecule has 1 aliphatic heterocycles. The van der Waals surface area contributed by atoms with Crippen LogP contribution in [-0.4, -0.2) is 61.8 Å². The highest BCUT2D eigenvalue weighted by Gasteiger charge is 2.22. The number of amides is 1. The Hall–Kier alpha value is -2.48. The van der Waals surface area contributed by atoms with Crippen molar-refractivity contribution in [1.82, 2.24) is 9.88 Å². The maximum absolute atomic E-state index is 13.2. The molecule has 0 spiro atoms. The summed E-state index contributed by atoms with van der Waals surface area (Å²) in [6.45, 7) is 9.23. The highest BCUT2D eigenvalue weighted by Crippen LogP contribution is 2.32. The number of nitrogens with zero attached hydrogens (tertiary/aromatic N) is 3. The fourth-order valence-electron chi connectivity index (χ4n) is 3.78. The van der Waals surface area contributed by atoms with Crippen LogP contribution in [0.3, 0.4) is 0 Å². The minimum Gasteiger partial charge on any atom is -0.493 e. The molecule has 1 saturated heterocycles. The lowest BCUT2D eigenvalue weighted by molar-refractivity contribution is -0.119. The molecule has 0 aliphatic carbocycles. The van der Waals surface area contributed by atoms with E-state index in [0.29, 0.717) is 19.6 Å². The molecule has 0 saturated carbocycles. The molecular weight excluding hydrogens is 410 g/mol. The van der Waals surface area contributed by atoms with Crippen LogP contribution in [0.4, 0.5) is 5.13 Å². The molecule has 0 radical (unpaired) electrons. The standard InChI is InChI=1S/C24H29N3O3S/c1-18-16-19(2)23-21(17-18)31-24(25-23)27(10-9-26-11-14-29-15-12-26)22(28)8-13-30-20-6-4-3-5-7-20/h3-7,16-17H,8-15H2,1-2H3. The lowest BCUT2D eigenvalue weighted by atomic mass is 10.1. The van der Waals surface area contributed by atoms with Crippen molar-refractivity contribution in [3.8, 4) is 5.75 Å². The molecule has 164 valence electrons. The number of anilines is 1. The Morgan fingerprint density at radius 3 is 2.74 bits per heavy atom. The molecule has 1 aliphatic rings. The van der Waals surface area contributed by atoms with Crippen LogP contribution in [0.5, 0.6) is 5.75 Å². The highest BCUT2D eigenvalue weighted by atomic mass is 32.1. The smallest absolute Gasteiger partial charge is 0.232 e. The maximum atomic E-state index is 13.2. The first kappa shape index (κ1) is 21.7. The Kier molecular flexibility index (Phi) is 7.17. The first-order valence-electron chi connectivity index (χ1n) is 10.8. The van der Waals surface area contributed by atoms with E-state index in [1.807, 2.05) is 35.2 Å². The Morgan fingerprint density at radius 1 is 1.19 bits per heavy atom. The Balaban J connectivity index is 1.49. The molecule has 2 heterocycles. The Bertz CT molecular complexity index is 1020. The minimum absolute atomic E-state index is 0.0395. The first-order chi connectivity index (χ1) is 15.1. The summed E-state index contributed by atoms with van der Waals surface area (Å²) in [5.74, 6) is 0.818. The summed E-state index contributed by atoms with van der Waals surface area (Å²) in [7, 11) is 0. The third-order valence-electron chi connectivity index (χ3n) is 5.42. The van der Waals surface area contributed by atoms with Crippen molar-refractivity contribution in [2.24, 2.45) is 0 Å². The maximum Gasteiger partial charge on any atom is 0.232 e. The van der Waals surface area contributed by atoms with E-state index in [-0.39, 0.29) is 5.91 Å². The zero-order valence-electron chi connectivity index (χ0n) is 18.2. The Labute approximate surface area is 187 Å². The van der Waals surface area contributed by atoms with Crippen LogP contribution in [0, 0.1) is 13.8 Å². The van der Waals surface area contributed by atoms with Crippen molar-refractivity contribution < 1.29 is 14.3 Å². The highest BCUT2D eigenvalue weighted by molar-refractivity contribution is 7.22. The lowest BCUT2D eigenvalue weighted by Crippen LogP contribution is -2.43. The van der Waals surface area contributed by atoms with Gasteiger partial charge in [-0.2, -0.15) is 0 Å². The number of carbonyl (C=O) groups excluding carboxylic acids is 1. The van der Waals surface area contributed by atoms with Gasteiger partial charge in [-0.05, 0) is 43.2 Å². The molecule has 0 unspecified atom stereocenters. The third-order valence-corrected chi connectivity index (χ3v) is 6.45. The largest absolute Gasteiger partial charge is 0.493 e. The van der Waals surface area contributed by atoms with Gasteiger partial charge in [0.05, 0.1) is 36.5 Å². The molecule has 1 aromatic heterocycles. The molecule has 7 heteroatoms. The number of benzene rings is 2. The van der Waals surface area contributed by atoms with Crippen molar-refractivity contribution in [1.29, 1.82) is 0 Å². The number of para-hydroxylation sites is 1. The summed E-state index contributed by atoms with van der Waals surface area (Å²) >= 11 is 1.59. The van der Waals surface area contributed by atoms with Crippen molar-refractivity contribution in [3.05, 3.63) is 53.6 Å². The zero-order valence-corrected chi connectivity index (χ0v) is 19.0. The molecule has 0 bridgehead atoms. The predicted octanol–water partition coefficient (Wildman–Crippen LogP) is 4.05. The number of ether oxygens (including phenoxy) is 2. The summed E-state index contributed by atoms with van der Waals surface area (Å²) in [5, 5.41) is 0.765. The van der Waals surface area contributed by atoms with Gasteiger partial charge in [-0.15, -0.1) is 0 Å². The first-order valence-corrected chi connectivity index (χ1v) is 11.6. The van der Waals surface area contributed by atoms with Gasteiger partial charge in [0, 0.05) is 26.2 Å². The monoisotopic (exact) mass is 439 g/mol. The van der Waals surface area contributed by atoms with E-state index in [0.717, 1.165) is 59.5 Å². The second kappa shape index (κ2) is 10.2. The van der Waals surface area contributed by atoms with Crippen molar-refractivity contribution in [3.63, 3.8) is 0 Å². The summed E-state index contributed by atoms with van der Waals surface area (Å²) in [6, 6.07) is 13.9. The van der Waals surface area contributed by atoms with Gasteiger partial charge in [-0.25, -0.2) is 4.98 Å². The molecule has 0 N–H and O–H groups in total. The van der Waals surface area contributed by atoms with Gasteiger partial charge < -0.3 is 9.47 Å². The SMILES string of the molecule is Cc1cc(C)c2nc(N(CCN3CCOCC3)C(=O)CCOc3ccccc3)sc2c1. The van der Waals surface area contributed by atoms with Gasteiger partial charge in [0.25, 0.3) is 0 Å². The van der Waals surface area contributed by atoms with Crippen molar-refractivity contribution in [2.75, 3.05) is 50.9 Å². The summed E-state index contributed by atoms with van der Waals surface area (Å²) in [6.07, 6.45) is 0.311. The zero-order chi connectivity index (χ0) is 21.6. The molecule has 1 fully saturated rings. The topological polar surface area (TPSA) is 54.9 Å².